The molecule has 0 radical (unpaired) electrons. The monoisotopic (exact) mass is 562 g/mol. The fourth-order valence-corrected chi connectivity index (χ4v) is 5.29. The number of aryl methyl sites for hydroxylation is 1. The Labute approximate surface area is 245 Å². The predicted molar refractivity (Wildman–Crippen MR) is 167 cm³/mol. The third-order valence-corrected chi connectivity index (χ3v) is 7.50. The maximum absolute atomic E-state index is 12.7. The number of likely N-dealkylation sites (N-methyl/N-ethyl adjacent to an activating group) is 1. The lowest BCUT2D eigenvalue weighted by molar-refractivity contribution is -0.111. The minimum atomic E-state index is -0.275. The Morgan fingerprint density at radius 3 is 2.79 bits per heavy atom. The number of ether oxygens (including phenoxy) is 1. The van der Waals surface area contributed by atoms with Gasteiger partial charge in [-0.2, -0.15) is 5.26 Å². The number of nitrogens with zero attached hydrogens (tertiary/aromatic N) is 6. The second kappa shape index (κ2) is 12.2. The Morgan fingerprint density at radius 1 is 1.26 bits per heavy atom. The number of carbonyl (C=O) groups excluding carboxylic acids is 1. The van der Waals surface area contributed by atoms with Gasteiger partial charge in [0.25, 0.3) is 0 Å². The number of nitriles is 1. The molecule has 2 aromatic heterocycles. The van der Waals surface area contributed by atoms with Crippen molar-refractivity contribution in [2.45, 2.75) is 12.5 Å². The molecule has 1 atom stereocenters. The van der Waals surface area contributed by atoms with Gasteiger partial charge in [-0.1, -0.05) is 36.9 Å². The highest BCUT2D eigenvalue weighted by Crippen LogP contribution is 2.40. The molecule has 0 spiro atoms. The second-order valence-electron chi connectivity index (χ2n) is 10.4. The van der Waals surface area contributed by atoms with Gasteiger partial charge in [0.2, 0.25) is 11.9 Å². The van der Waals surface area contributed by atoms with Crippen LogP contribution >= 0.6 is 0 Å². The van der Waals surface area contributed by atoms with E-state index in [0.29, 0.717) is 40.4 Å². The van der Waals surface area contributed by atoms with Gasteiger partial charge in [0, 0.05) is 61.0 Å². The lowest BCUT2D eigenvalue weighted by Crippen LogP contribution is -2.31. The minimum absolute atomic E-state index is 0.275. The molecular formula is C32H34N8O2. The third-order valence-electron chi connectivity index (χ3n) is 7.50. The van der Waals surface area contributed by atoms with Crippen molar-refractivity contribution in [1.82, 2.24) is 19.4 Å². The number of fused-ring (bicyclic) bond motifs is 1. The van der Waals surface area contributed by atoms with E-state index in [4.69, 9.17) is 9.72 Å². The van der Waals surface area contributed by atoms with Crippen molar-refractivity contribution in [3.05, 3.63) is 79.2 Å². The van der Waals surface area contributed by atoms with Crippen molar-refractivity contribution in [3.8, 4) is 23.1 Å². The average molecular weight is 563 g/mol. The molecule has 10 nitrogen and oxygen atoms in total. The molecule has 2 N–H and O–H groups in total. The summed E-state index contributed by atoms with van der Waals surface area (Å²) in [6, 6.07) is 14.4. The molecule has 0 unspecified atom stereocenters. The SMILES string of the molecule is C=C/C=C/C(=O)Nc1cc(Nc2ncc(C#N)c(-c3cn(C)c4ccccc34)n2)c(OC)cc1N1CC[C@@H](N(C)C)C1. The molecular weight excluding hydrogens is 528 g/mol. The first kappa shape index (κ1) is 28.4. The molecule has 4 aromatic rings. The van der Waals surface area contributed by atoms with Crippen LogP contribution in [0.15, 0.2) is 73.6 Å². The third kappa shape index (κ3) is 5.68. The molecule has 1 saturated heterocycles. The maximum atomic E-state index is 12.7. The number of aromatic nitrogens is 3. The molecule has 0 bridgehead atoms. The fraction of sp³-hybridized carbons (Fsp3) is 0.250. The van der Waals surface area contributed by atoms with Crippen molar-refractivity contribution in [2.24, 2.45) is 7.05 Å². The number of anilines is 4. The first-order valence-corrected chi connectivity index (χ1v) is 13.6. The zero-order valence-corrected chi connectivity index (χ0v) is 24.3. The molecule has 214 valence electrons. The van der Waals surface area contributed by atoms with Gasteiger partial charge in [-0.25, -0.2) is 9.97 Å². The van der Waals surface area contributed by atoms with E-state index in [1.54, 1.807) is 19.3 Å². The molecule has 3 heterocycles. The molecule has 42 heavy (non-hydrogen) atoms. The van der Waals surface area contributed by atoms with E-state index in [2.05, 4.69) is 52.2 Å². The fourth-order valence-electron chi connectivity index (χ4n) is 5.29. The number of hydrogen-bond donors (Lipinski definition) is 2. The van der Waals surface area contributed by atoms with E-state index in [9.17, 15) is 10.1 Å². The van der Waals surface area contributed by atoms with Crippen LogP contribution in [-0.2, 0) is 11.8 Å². The highest BCUT2D eigenvalue weighted by atomic mass is 16.5. The summed E-state index contributed by atoms with van der Waals surface area (Å²) in [5.74, 6) is 0.585. The van der Waals surface area contributed by atoms with Gasteiger partial charge in [0.1, 0.15) is 11.8 Å². The van der Waals surface area contributed by atoms with E-state index < -0.39 is 0 Å². The van der Waals surface area contributed by atoms with Gasteiger partial charge in [0.05, 0.1) is 41.6 Å². The van der Waals surface area contributed by atoms with Gasteiger partial charge >= 0.3 is 0 Å². The first-order valence-electron chi connectivity index (χ1n) is 13.6. The van der Waals surface area contributed by atoms with Crippen LogP contribution in [0.2, 0.25) is 0 Å². The summed E-state index contributed by atoms with van der Waals surface area (Å²) in [6.07, 6.45) is 9.07. The molecule has 0 aliphatic carbocycles. The smallest absolute Gasteiger partial charge is 0.248 e. The van der Waals surface area contributed by atoms with E-state index in [1.807, 2.05) is 54.2 Å². The van der Waals surface area contributed by atoms with Crippen molar-refractivity contribution < 1.29 is 9.53 Å². The highest BCUT2D eigenvalue weighted by Gasteiger charge is 2.27. The van der Waals surface area contributed by atoms with Crippen LogP contribution < -0.4 is 20.3 Å². The first-order chi connectivity index (χ1) is 20.3. The second-order valence-corrected chi connectivity index (χ2v) is 10.4. The number of nitrogens with one attached hydrogen (secondary N) is 2. The molecule has 5 rings (SSSR count). The number of amides is 1. The molecule has 1 aliphatic rings. The van der Waals surface area contributed by atoms with E-state index in [0.717, 1.165) is 41.7 Å². The molecule has 2 aromatic carbocycles. The number of rotatable bonds is 9. The normalized spacial score (nSPS) is 14.9. The van der Waals surface area contributed by atoms with Crippen LogP contribution in [0, 0.1) is 11.3 Å². The van der Waals surface area contributed by atoms with Crippen molar-refractivity contribution >= 4 is 39.8 Å². The summed E-state index contributed by atoms with van der Waals surface area (Å²) in [7, 11) is 7.72. The maximum Gasteiger partial charge on any atom is 0.248 e. The summed E-state index contributed by atoms with van der Waals surface area (Å²) in [5.41, 5.74) is 4.82. The molecule has 1 fully saturated rings. The highest BCUT2D eigenvalue weighted by molar-refractivity contribution is 6.03. The molecule has 0 saturated carbocycles. The van der Waals surface area contributed by atoms with E-state index in [-0.39, 0.29) is 5.91 Å². The minimum Gasteiger partial charge on any atom is -0.494 e. The zero-order valence-electron chi connectivity index (χ0n) is 24.3. The summed E-state index contributed by atoms with van der Waals surface area (Å²) >= 11 is 0. The number of methoxy groups -OCH3 is 1. The largest absolute Gasteiger partial charge is 0.494 e. The Balaban J connectivity index is 1.55. The summed E-state index contributed by atoms with van der Waals surface area (Å²) in [5, 5.41) is 17.1. The number of para-hydroxylation sites is 1. The van der Waals surface area contributed by atoms with E-state index in [1.165, 1.54) is 12.3 Å². The zero-order chi connectivity index (χ0) is 29.8. The van der Waals surface area contributed by atoms with Gasteiger partial charge < -0.3 is 29.7 Å². The quantitative estimate of drug-likeness (QED) is 0.215. The van der Waals surface area contributed by atoms with Gasteiger partial charge in [-0.15, -0.1) is 0 Å². The van der Waals surface area contributed by atoms with Gasteiger partial charge in [0.15, 0.2) is 0 Å². The van der Waals surface area contributed by atoms with Gasteiger partial charge in [-0.3, -0.25) is 4.79 Å². The standard InChI is InChI=1S/C32H34N8O2/c1-6-7-12-30(41)35-25-15-26(29(42-5)16-28(25)40-14-13-22(19-40)38(2)3)36-32-34-18-21(17-33)31(37-32)24-20-39(4)27-11-9-8-10-23(24)27/h6-12,15-16,18,20,22H,1,13-14,19H2,2-5H3,(H,35,41)(H,34,36,37)/b12-7+/t22-/m1/s1. The number of allylic oxidation sites excluding steroid dienone is 2. The van der Waals surface area contributed by atoms with Crippen molar-refractivity contribution in [1.29, 1.82) is 5.26 Å². The average Bonchev–Trinajstić information content (AvgIpc) is 3.62. The van der Waals surface area contributed by atoms with Crippen LogP contribution in [0.25, 0.3) is 22.2 Å². The topological polar surface area (TPSA) is 111 Å². The van der Waals surface area contributed by atoms with Crippen LogP contribution in [0.3, 0.4) is 0 Å². The van der Waals surface area contributed by atoms with Crippen LogP contribution in [0.1, 0.15) is 12.0 Å². The predicted octanol–water partition coefficient (Wildman–Crippen LogP) is 5.08. The molecule has 10 heteroatoms. The Morgan fingerprint density at radius 2 is 2.07 bits per heavy atom. The number of benzene rings is 2. The van der Waals surface area contributed by atoms with Crippen LogP contribution in [-0.4, -0.2) is 65.7 Å². The molecule has 1 aliphatic heterocycles. The Kier molecular flexibility index (Phi) is 8.22. The molecule has 1 amide bonds. The van der Waals surface area contributed by atoms with Crippen LogP contribution in [0.5, 0.6) is 5.75 Å². The summed E-state index contributed by atoms with van der Waals surface area (Å²) in [4.78, 5) is 26.4. The van der Waals surface area contributed by atoms with Crippen molar-refractivity contribution in [2.75, 3.05) is 49.8 Å². The van der Waals surface area contributed by atoms with Crippen molar-refractivity contribution in [3.63, 3.8) is 0 Å². The Bertz CT molecular complexity index is 1720. The summed E-state index contributed by atoms with van der Waals surface area (Å²) < 4.78 is 7.80. The Hall–Kier alpha value is -5.14. The lowest BCUT2D eigenvalue weighted by Gasteiger charge is -2.25. The number of hydrogen-bond acceptors (Lipinski definition) is 8. The number of carbonyl (C=O) groups is 1. The van der Waals surface area contributed by atoms with E-state index >= 15 is 0 Å². The summed E-state index contributed by atoms with van der Waals surface area (Å²) in [6.45, 7) is 5.31. The lowest BCUT2D eigenvalue weighted by atomic mass is 10.1. The van der Waals surface area contributed by atoms with Gasteiger partial charge in [-0.05, 0) is 32.6 Å². The van der Waals surface area contributed by atoms with Crippen LogP contribution in [0.4, 0.5) is 23.0 Å².